The summed E-state index contributed by atoms with van der Waals surface area (Å²) in [5, 5.41) is 6.67. The smallest absolute Gasteiger partial charge is 0.114 e. The van der Waals surface area contributed by atoms with Crippen LogP contribution in [0, 0.1) is 0 Å². The van der Waals surface area contributed by atoms with Crippen molar-refractivity contribution in [2.24, 2.45) is 0 Å². The van der Waals surface area contributed by atoms with E-state index in [9.17, 15) is 0 Å². The van der Waals surface area contributed by atoms with Gasteiger partial charge in [0.2, 0.25) is 0 Å². The molecule has 0 spiro atoms. The Kier molecular flexibility index (Phi) is 8.15. The number of allylic oxidation sites excluding steroid dienone is 7. The molecule has 0 fully saturated rings. The quantitative estimate of drug-likeness (QED) is 0.226. The van der Waals surface area contributed by atoms with Crippen molar-refractivity contribution in [3.8, 4) is 11.1 Å². The van der Waals surface area contributed by atoms with Crippen molar-refractivity contribution in [2.45, 2.75) is 49.8 Å². The van der Waals surface area contributed by atoms with Crippen LogP contribution in [0.2, 0.25) is 13.1 Å². The molecule has 0 aromatic heterocycles. The average molecular weight is 602 g/mol. The third-order valence-corrected chi connectivity index (χ3v) is 13.4. The molecule has 0 N–H and O–H groups in total. The zero-order valence-electron chi connectivity index (χ0n) is 20.7. The van der Waals surface area contributed by atoms with Gasteiger partial charge in [0.1, 0.15) is 8.07 Å². The molecule has 0 bridgehead atoms. The van der Waals surface area contributed by atoms with E-state index in [1.807, 2.05) is 0 Å². The monoisotopic (exact) mass is 599 g/mol. The molecule has 2 aromatic rings. The zero-order chi connectivity index (χ0) is 22.8. The van der Waals surface area contributed by atoms with Gasteiger partial charge >= 0.3 is 137 Å². The van der Waals surface area contributed by atoms with E-state index in [1.165, 1.54) is 36.0 Å². The number of halogens is 2. The van der Waals surface area contributed by atoms with Gasteiger partial charge in [-0.1, -0.05) is 27.4 Å². The SMILES string of the molecule is CC(C)(C)c1ccc(-c2cccc3c2C=C[CH]3[Zr])cc1.CC1=PC2=CC=C3C2=C1[Si]3(C)C.Cl.Cl. The van der Waals surface area contributed by atoms with Crippen LogP contribution in [0.1, 0.15) is 48.0 Å². The summed E-state index contributed by atoms with van der Waals surface area (Å²) in [5.41, 5.74) is 8.84. The first kappa shape index (κ1) is 27.8. The van der Waals surface area contributed by atoms with E-state index in [2.05, 4.69) is 108 Å². The Bertz CT molecular complexity index is 1290. The second-order valence-electron chi connectivity index (χ2n) is 10.7. The molecule has 34 heavy (non-hydrogen) atoms. The van der Waals surface area contributed by atoms with E-state index in [0.717, 1.165) is 0 Å². The fourth-order valence-corrected chi connectivity index (χ4v) is 11.8. The number of benzene rings is 2. The molecular formula is C29H32Cl2PSiZr. The summed E-state index contributed by atoms with van der Waals surface area (Å²) in [7, 11) is 0.396. The predicted molar refractivity (Wildman–Crippen MR) is 155 cm³/mol. The minimum atomic E-state index is -1.09. The minimum Gasteiger partial charge on any atom is -0.147 e. The molecule has 2 aromatic carbocycles. The standard InChI is InChI=1S/C19H19.C10H11PSi.2ClH.Zr/c1-19(2,3)16-12-10-15(11-13-16)18-9-5-7-14-6-4-8-17(14)18;1-6-10-9-7(11-6)4-5-8(9)12(10,2)3;;;/h4-13H,1-3H3;4-5H,1-3H3;2*1H;. The molecule has 1 atom stereocenters. The Labute approximate surface area is 235 Å². The molecule has 0 nitrogen and oxygen atoms in total. The first-order valence-electron chi connectivity index (χ1n) is 11.5. The van der Waals surface area contributed by atoms with E-state index in [0.29, 0.717) is 3.63 Å². The van der Waals surface area contributed by atoms with E-state index in [1.54, 1.807) is 51.3 Å². The normalized spacial score (nSPS) is 20.4. The average Bonchev–Trinajstić information content (AvgIpc) is 3.38. The van der Waals surface area contributed by atoms with Gasteiger partial charge in [-0.05, 0) is 34.3 Å². The van der Waals surface area contributed by atoms with Gasteiger partial charge in [-0.25, -0.2) is 0 Å². The minimum absolute atomic E-state index is 0. The van der Waals surface area contributed by atoms with Crippen molar-refractivity contribution in [2.75, 3.05) is 0 Å². The van der Waals surface area contributed by atoms with Gasteiger partial charge in [0.05, 0.1) is 0 Å². The van der Waals surface area contributed by atoms with Crippen LogP contribution < -0.4 is 0 Å². The largest absolute Gasteiger partial charge is 0.147 e. The molecule has 6 rings (SSSR count). The Morgan fingerprint density at radius 1 is 0.941 bits per heavy atom. The molecule has 175 valence electrons. The third kappa shape index (κ3) is 4.55. The Hall–Kier alpha value is -0.750. The fraction of sp³-hybridized carbons (Fsp3) is 0.276. The van der Waals surface area contributed by atoms with Crippen molar-refractivity contribution in [3.05, 3.63) is 98.7 Å². The molecule has 0 amide bonds. The Morgan fingerprint density at radius 2 is 1.62 bits per heavy atom. The summed E-state index contributed by atoms with van der Waals surface area (Å²) >= 11 is 1.57. The van der Waals surface area contributed by atoms with Crippen molar-refractivity contribution >= 4 is 52.5 Å². The van der Waals surface area contributed by atoms with E-state index in [4.69, 9.17) is 0 Å². The molecule has 0 saturated carbocycles. The summed E-state index contributed by atoms with van der Waals surface area (Å²) in [5.74, 6) is 0. The predicted octanol–water partition coefficient (Wildman–Crippen LogP) is 9.17. The number of hydrogen-bond acceptors (Lipinski definition) is 0. The molecular weight excluding hydrogens is 570 g/mol. The summed E-state index contributed by atoms with van der Waals surface area (Å²) in [6.07, 6.45) is 9.31. The van der Waals surface area contributed by atoms with E-state index < -0.39 is 8.07 Å². The fourth-order valence-electron chi connectivity index (χ4n) is 5.34. The summed E-state index contributed by atoms with van der Waals surface area (Å²) in [4.78, 5) is 0. The van der Waals surface area contributed by atoms with Crippen molar-refractivity contribution in [1.29, 1.82) is 0 Å². The molecule has 2 aliphatic heterocycles. The first-order chi connectivity index (χ1) is 15.1. The van der Waals surface area contributed by atoms with Crippen LogP contribution >= 0.6 is 33.0 Å². The van der Waals surface area contributed by atoms with Crippen LogP contribution in [0.4, 0.5) is 0 Å². The van der Waals surface area contributed by atoms with Crippen molar-refractivity contribution in [3.63, 3.8) is 0 Å². The van der Waals surface area contributed by atoms with Gasteiger partial charge in [-0.2, -0.15) is 0 Å². The summed E-state index contributed by atoms with van der Waals surface area (Å²) < 4.78 is 0.631. The molecule has 2 aliphatic carbocycles. The topological polar surface area (TPSA) is 0 Å². The van der Waals surface area contributed by atoms with E-state index >= 15 is 0 Å². The summed E-state index contributed by atoms with van der Waals surface area (Å²) in [6.45, 7) is 14.0. The van der Waals surface area contributed by atoms with Crippen LogP contribution in [0.25, 0.3) is 17.2 Å². The van der Waals surface area contributed by atoms with Gasteiger partial charge in [-0.3, -0.25) is 0 Å². The van der Waals surface area contributed by atoms with Gasteiger partial charge < -0.3 is 0 Å². The second-order valence-corrected chi connectivity index (χ2v) is 17.9. The Balaban J connectivity index is 0.000000199. The van der Waals surface area contributed by atoms with Crippen LogP contribution in [0.5, 0.6) is 0 Å². The van der Waals surface area contributed by atoms with Gasteiger partial charge in [0.15, 0.2) is 0 Å². The van der Waals surface area contributed by atoms with Gasteiger partial charge in [0, 0.05) is 5.31 Å². The maximum atomic E-state index is 2.47. The van der Waals surface area contributed by atoms with Crippen LogP contribution in [-0.2, 0) is 30.1 Å². The van der Waals surface area contributed by atoms with Crippen LogP contribution in [0.15, 0.2) is 82.0 Å². The Morgan fingerprint density at radius 3 is 2.26 bits per heavy atom. The van der Waals surface area contributed by atoms with Crippen LogP contribution in [0.3, 0.4) is 0 Å². The maximum absolute atomic E-state index is 2.47. The van der Waals surface area contributed by atoms with E-state index in [-0.39, 0.29) is 30.2 Å². The number of rotatable bonds is 1. The third-order valence-electron chi connectivity index (χ3n) is 7.12. The summed E-state index contributed by atoms with van der Waals surface area (Å²) in [6, 6.07) is 15.8. The molecule has 5 heteroatoms. The van der Waals surface area contributed by atoms with Crippen molar-refractivity contribution in [1.82, 2.24) is 0 Å². The molecule has 4 aliphatic rings. The number of hydrogen-bond donors (Lipinski definition) is 0. The first-order valence-corrected chi connectivity index (χ1v) is 16.8. The van der Waals surface area contributed by atoms with Gasteiger partial charge in [0.25, 0.3) is 0 Å². The molecule has 2 heterocycles. The maximum Gasteiger partial charge on any atom is 0.114 e. The van der Waals surface area contributed by atoms with Crippen LogP contribution in [-0.4, -0.2) is 13.4 Å². The second kappa shape index (κ2) is 9.95. The van der Waals surface area contributed by atoms with Gasteiger partial charge in [-0.15, -0.1) is 24.8 Å². The molecule has 0 radical (unpaired) electrons. The zero-order valence-corrected chi connectivity index (χ0v) is 26.7. The van der Waals surface area contributed by atoms with Crippen molar-refractivity contribution < 1.29 is 24.7 Å². The molecule has 0 saturated heterocycles. The number of fused-ring (bicyclic) bond motifs is 1. The molecule has 1 unspecified atom stereocenters.